The van der Waals surface area contributed by atoms with Crippen LogP contribution >= 0.6 is 7.94 Å². The monoisotopic (exact) mass is 285 g/mol. The second-order valence-corrected chi connectivity index (χ2v) is 6.79. The van der Waals surface area contributed by atoms with Crippen LogP contribution in [0.2, 0.25) is 0 Å². The van der Waals surface area contributed by atoms with Gasteiger partial charge in [-0.25, -0.2) is 0 Å². The molecule has 0 fully saturated rings. The van der Waals surface area contributed by atoms with Gasteiger partial charge in [-0.1, -0.05) is 44.4 Å². The Kier molecular flexibility index (Phi) is 6.41. The van der Waals surface area contributed by atoms with Crippen molar-refractivity contribution in [3.63, 3.8) is 0 Å². The lowest BCUT2D eigenvalue weighted by Crippen LogP contribution is -2.21. The number of hydrogen-bond donors (Lipinski definition) is 3. The van der Waals surface area contributed by atoms with Crippen LogP contribution in [0.25, 0.3) is 0 Å². The highest BCUT2D eigenvalue weighted by molar-refractivity contribution is 7.67. The molecule has 19 heavy (non-hydrogen) atoms. The molecule has 1 aromatic carbocycles. The van der Waals surface area contributed by atoms with Crippen molar-refractivity contribution in [2.75, 3.05) is 0 Å². The first-order valence-electron chi connectivity index (χ1n) is 7.10. The second-order valence-electron chi connectivity index (χ2n) is 5.21. The number of unbranched alkanes of at least 4 members (excludes halogenated alkanes) is 2. The molecule has 0 unspecified atom stereocenters. The smallest absolute Gasteiger partial charge is 0.189 e. The maximum Gasteiger partial charge on any atom is 0.441 e. The average Bonchev–Trinajstić information content (AvgIpc) is 2.31. The van der Waals surface area contributed by atoms with Gasteiger partial charge >= 0.3 is 7.94 Å². The van der Waals surface area contributed by atoms with Gasteiger partial charge in [0.15, 0.2) is 5.30 Å². The molecule has 1 rings (SSSR count). The quantitative estimate of drug-likeness (QED) is 0.675. The highest BCUT2D eigenvalue weighted by Gasteiger charge is 2.39. The summed E-state index contributed by atoms with van der Waals surface area (Å²) < 4.78 is 0. The summed E-state index contributed by atoms with van der Waals surface area (Å²) in [6, 6.07) is 3.94. The fourth-order valence-corrected chi connectivity index (χ4v) is 3.56. The third kappa shape index (κ3) is 4.85. The molecule has 1 aromatic rings. The predicted octanol–water partition coefficient (Wildman–Crippen LogP) is 3.05. The molecule has 0 radical (unpaired) electrons. The molecule has 0 amide bonds. The van der Waals surface area contributed by atoms with Gasteiger partial charge in [0.05, 0.1) is 0 Å². The Labute approximate surface area is 116 Å². The molecule has 108 valence electrons. The molecule has 0 bridgehead atoms. The summed E-state index contributed by atoms with van der Waals surface area (Å²) in [5.41, 5.74) is 2.91. The molecule has 0 atom stereocenters. The normalized spacial score (nSPS) is 11.9. The average molecular weight is 285 g/mol. The molecular formula is C15H26O3P+. The molecule has 0 aliphatic heterocycles. The van der Waals surface area contributed by atoms with Gasteiger partial charge in [0.1, 0.15) is 0 Å². The molecule has 3 N–H and O–H groups in total. The first-order valence-corrected chi connectivity index (χ1v) is 8.75. The lowest BCUT2D eigenvalue weighted by molar-refractivity contribution is 0.346. The Balaban J connectivity index is 3.23. The van der Waals surface area contributed by atoms with E-state index in [4.69, 9.17) is 0 Å². The molecule has 0 saturated heterocycles. The Bertz CT molecular complexity index is 381. The molecule has 4 heteroatoms. The van der Waals surface area contributed by atoms with Crippen LogP contribution in [0.5, 0.6) is 0 Å². The van der Waals surface area contributed by atoms with Crippen molar-refractivity contribution in [2.45, 2.75) is 59.3 Å². The first-order chi connectivity index (χ1) is 8.90. The minimum atomic E-state index is -3.94. The topological polar surface area (TPSA) is 60.7 Å². The van der Waals surface area contributed by atoms with Gasteiger partial charge in [0.25, 0.3) is 0 Å². The van der Waals surface area contributed by atoms with E-state index >= 15 is 0 Å². The van der Waals surface area contributed by atoms with Crippen LogP contribution < -0.4 is 5.30 Å². The highest BCUT2D eigenvalue weighted by Crippen LogP contribution is 2.46. The largest absolute Gasteiger partial charge is 0.441 e. The van der Waals surface area contributed by atoms with E-state index in [-0.39, 0.29) is 0 Å². The van der Waals surface area contributed by atoms with Crippen molar-refractivity contribution >= 4 is 13.2 Å². The summed E-state index contributed by atoms with van der Waals surface area (Å²) in [5.74, 6) is 0. The van der Waals surface area contributed by atoms with Crippen molar-refractivity contribution in [3.8, 4) is 0 Å². The van der Waals surface area contributed by atoms with Crippen molar-refractivity contribution < 1.29 is 14.7 Å². The van der Waals surface area contributed by atoms with Gasteiger partial charge in [-0.15, -0.1) is 0 Å². The lowest BCUT2D eigenvalue weighted by Gasteiger charge is -2.15. The third-order valence-electron chi connectivity index (χ3n) is 3.31. The van der Waals surface area contributed by atoms with E-state index in [1.54, 1.807) is 0 Å². The number of aryl methyl sites for hydroxylation is 3. The molecule has 0 spiro atoms. The van der Waals surface area contributed by atoms with Gasteiger partial charge in [0.2, 0.25) is 0 Å². The van der Waals surface area contributed by atoms with Gasteiger partial charge in [-0.05, 0) is 32.6 Å². The maximum atomic E-state index is 9.76. The van der Waals surface area contributed by atoms with Crippen LogP contribution in [0.1, 0.15) is 56.2 Å². The zero-order valence-electron chi connectivity index (χ0n) is 12.2. The van der Waals surface area contributed by atoms with Crippen LogP contribution in [-0.2, 0) is 12.8 Å². The summed E-state index contributed by atoms with van der Waals surface area (Å²) in [5, 5.41) is 0.403. The summed E-state index contributed by atoms with van der Waals surface area (Å²) >= 11 is 0. The zero-order valence-corrected chi connectivity index (χ0v) is 13.1. The third-order valence-corrected chi connectivity index (χ3v) is 4.49. The Morgan fingerprint density at radius 2 is 1.32 bits per heavy atom. The SMILES string of the molecule is CCCCc1cc(C)cc(CCCC)c1[P+](O)(O)O. The van der Waals surface area contributed by atoms with E-state index in [9.17, 15) is 14.7 Å². The summed E-state index contributed by atoms with van der Waals surface area (Å²) in [6.45, 7) is 6.22. The lowest BCUT2D eigenvalue weighted by atomic mass is 9.99. The summed E-state index contributed by atoms with van der Waals surface area (Å²) in [7, 11) is -3.94. The number of hydrogen-bond acceptors (Lipinski definition) is 3. The molecule has 0 aromatic heterocycles. The number of benzene rings is 1. The van der Waals surface area contributed by atoms with Crippen LogP contribution in [0.4, 0.5) is 0 Å². The number of rotatable bonds is 7. The van der Waals surface area contributed by atoms with Crippen LogP contribution in [0.3, 0.4) is 0 Å². The highest BCUT2D eigenvalue weighted by atomic mass is 31.2. The maximum absolute atomic E-state index is 9.76. The standard InChI is InChI=1S/C15H26O3P/c1-4-6-8-13-10-12(3)11-14(9-7-5-2)15(13)19(16,17)18/h10-11,16-18H,4-9H2,1-3H3/q+1. The molecule has 0 aliphatic rings. The predicted molar refractivity (Wildman–Crippen MR) is 81.6 cm³/mol. The fraction of sp³-hybridized carbons (Fsp3) is 0.600. The van der Waals surface area contributed by atoms with Gasteiger partial charge in [0, 0.05) is 11.1 Å². The minimum absolute atomic E-state index is 0.403. The van der Waals surface area contributed by atoms with Gasteiger partial charge in [-0.2, -0.15) is 14.7 Å². The van der Waals surface area contributed by atoms with E-state index in [0.717, 1.165) is 55.2 Å². The summed E-state index contributed by atoms with van der Waals surface area (Å²) in [6.07, 6.45) is 5.65. The zero-order chi connectivity index (χ0) is 14.5. The second kappa shape index (κ2) is 7.35. The Morgan fingerprint density at radius 3 is 1.63 bits per heavy atom. The van der Waals surface area contributed by atoms with E-state index < -0.39 is 7.94 Å². The van der Waals surface area contributed by atoms with Crippen molar-refractivity contribution in [1.82, 2.24) is 0 Å². The van der Waals surface area contributed by atoms with E-state index in [0.29, 0.717) is 5.30 Å². The van der Waals surface area contributed by atoms with Gasteiger partial charge in [-0.3, -0.25) is 0 Å². The van der Waals surface area contributed by atoms with Crippen LogP contribution in [0.15, 0.2) is 12.1 Å². The Hall–Kier alpha value is -0.470. The van der Waals surface area contributed by atoms with E-state index in [1.807, 2.05) is 19.1 Å². The Morgan fingerprint density at radius 1 is 0.895 bits per heavy atom. The van der Waals surface area contributed by atoms with Crippen LogP contribution in [0, 0.1) is 6.92 Å². The molecule has 0 aliphatic carbocycles. The van der Waals surface area contributed by atoms with E-state index in [1.165, 1.54) is 0 Å². The minimum Gasteiger partial charge on any atom is -0.189 e. The first kappa shape index (κ1) is 16.6. The molecule has 0 heterocycles. The fourth-order valence-electron chi connectivity index (χ4n) is 2.44. The molecule has 3 nitrogen and oxygen atoms in total. The molecular weight excluding hydrogens is 259 g/mol. The van der Waals surface area contributed by atoms with Crippen molar-refractivity contribution in [2.24, 2.45) is 0 Å². The van der Waals surface area contributed by atoms with Crippen molar-refractivity contribution in [3.05, 3.63) is 28.8 Å². The van der Waals surface area contributed by atoms with E-state index in [2.05, 4.69) is 13.8 Å². The van der Waals surface area contributed by atoms with Gasteiger partial charge < -0.3 is 0 Å². The summed E-state index contributed by atoms with van der Waals surface area (Å²) in [4.78, 5) is 29.3. The van der Waals surface area contributed by atoms with Crippen molar-refractivity contribution in [1.29, 1.82) is 0 Å². The molecule has 0 saturated carbocycles. The van der Waals surface area contributed by atoms with Crippen LogP contribution in [-0.4, -0.2) is 14.7 Å².